The molecule has 0 aromatic heterocycles. The summed E-state index contributed by atoms with van der Waals surface area (Å²) < 4.78 is 0.344. The molecule has 0 radical (unpaired) electrons. The Morgan fingerprint density at radius 2 is 1.17 bits per heavy atom. The highest BCUT2D eigenvalue weighted by atomic mass is 127. The third-order valence-corrected chi connectivity index (χ3v) is 2.31. The standard InChI is InChI=1S/C7H18NO3.HI/c1-8(2,3)7(4-9,5-10)6-11;/h9-11H,4-6H2,1-3H3;1H/q+1;/p-1. The average molecular weight is 291 g/mol. The topological polar surface area (TPSA) is 60.7 Å². The summed E-state index contributed by atoms with van der Waals surface area (Å²) in [6, 6.07) is 0. The molecule has 3 N–H and O–H groups in total. The molecule has 0 saturated heterocycles. The lowest BCUT2D eigenvalue weighted by Gasteiger charge is -2.42. The molecule has 5 heteroatoms. The predicted octanol–water partition coefficient (Wildman–Crippen LogP) is -4.59. The van der Waals surface area contributed by atoms with Crippen LogP contribution in [0.3, 0.4) is 0 Å². The molecular formula is C7H18INO3. The molecule has 0 aliphatic heterocycles. The Hall–Kier alpha value is 0.570. The minimum absolute atomic E-state index is 0. The summed E-state index contributed by atoms with van der Waals surface area (Å²) in [7, 11) is 5.47. The van der Waals surface area contributed by atoms with Crippen LogP contribution in [-0.2, 0) is 0 Å². The summed E-state index contributed by atoms with van der Waals surface area (Å²) in [5, 5.41) is 26.9. The van der Waals surface area contributed by atoms with Crippen LogP contribution in [-0.4, -0.2) is 66.3 Å². The summed E-state index contributed by atoms with van der Waals surface area (Å²) >= 11 is 0. The SMILES string of the molecule is C[N+](C)(C)C(CO)(CO)CO.[I-]. The molecule has 0 atom stereocenters. The van der Waals surface area contributed by atoms with Crippen molar-refractivity contribution in [3.63, 3.8) is 0 Å². The second-order valence-electron chi connectivity index (χ2n) is 3.71. The van der Waals surface area contributed by atoms with E-state index in [9.17, 15) is 0 Å². The number of rotatable bonds is 4. The number of halogens is 1. The molecule has 12 heavy (non-hydrogen) atoms. The van der Waals surface area contributed by atoms with E-state index in [1.54, 1.807) is 0 Å². The first-order chi connectivity index (χ1) is 4.93. The second-order valence-corrected chi connectivity index (χ2v) is 3.71. The van der Waals surface area contributed by atoms with Crippen LogP contribution in [0.5, 0.6) is 0 Å². The first-order valence-electron chi connectivity index (χ1n) is 3.57. The van der Waals surface area contributed by atoms with Crippen LogP contribution in [0, 0.1) is 0 Å². The highest BCUT2D eigenvalue weighted by molar-refractivity contribution is 4.77. The van der Waals surface area contributed by atoms with Gasteiger partial charge in [0.2, 0.25) is 0 Å². The molecule has 0 aliphatic rings. The quantitative estimate of drug-likeness (QED) is 0.361. The molecular weight excluding hydrogens is 273 g/mol. The van der Waals surface area contributed by atoms with Crippen molar-refractivity contribution in [2.24, 2.45) is 0 Å². The van der Waals surface area contributed by atoms with Crippen LogP contribution in [0.2, 0.25) is 0 Å². The Kier molecular flexibility index (Phi) is 6.69. The van der Waals surface area contributed by atoms with Crippen LogP contribution in [0.15, 0.2) is 0 Å². The number of aliphatic hydroxyl groups is 3. The van der Waals surface area contributed by atoms with E-state index in [4.69, 9.17) is 15.3 Å². The third-order valence-electron chi connectivity index (χ3n) is 2.31. The van der Waals surface area contributed by atoms with E-state index in [1.807, 2.05) is 21.1 Å². The second kappa shape index (κ2) is 5.33. The smallest absolute Gasteiger partial charge is 0.168 e. The molecule has 0 heterocycles. The summed E-state index contributed by atoms with van der Waals surface area (Å²) in [6.07, 6.45) is 0. The fraction of sp³-hybridized carbons (Fsp3) is 1.00. The lowest BCUT2D eigenvalue weighted by atomic mass is 10.00. The van der Waals surface area contributed by atoms with Crippen molar-refractivity contribution >= 4 is 0 Å². The monoisotopic (exact) mass is 291 g/mol. The van der Waals surface area contributed by atoms with Gasteiger partial charge in [0.1, 0.15) is 19.8 Å². The van der Waals surface area contributed by atoms with Crippen molar-refractivity contribution < 1.29 is 43.8 Å². The van der Waals surface area contributed by atoms with Gasteiger partial charge in [0.05, 0.1) is 21.1 Å². The first kappa shape index (κ1) is 15.1. The van der Waals surface area contributed by atoms with Gasteiger partial charge in [-0.05, 0) is 0 Å². The normalized spacial score (nSPS) is 12.5. The number of hydrogen-bond donors (Lipinski definition) is 3. The van der Waals surface area contributed by atoms with Crippen LogP contribution >= 0.6 is 0 Å². The van der Waals surface area contributed by atoms with Crippen LogP contribution in [0.1, 0.15) is 0 Å². The van der Waals surface area contributed by atoms with Gasteiger partial charge in [0.15, 0.2) is 5.54 Å². The largest absolute Gasteiger partial charge is 1.00 e. The van der Waals surface area contributed by atoms with Crippen LogP contribution < -0.4 is 24.0 Å². The number of likely N-dealkylation sites (N-methyl/N-ethyl adjacent to an activating group) is 1. The summed E-state index contributed by atoms with van der Waals surface area (Å²) in [5.74, 6) is 0. The maximum absolute atomic E-state index is 8.98. The van der Waals surface area contributed by atoms with E-state index in [0.717, 1.165) is 0 Å². The minimum atomic E-state index is -0.833. The Bertz CT molecular complexity index is 112. The number of aliphatic hydroxyl groups excluding tert-OH is 3. The molecule has 0 spiro atoms. The first-order valence-corrected chi connectivity index (χ1v) is 3.57. The van der Waals surface area contributed by atoms with E-state index < -0.39 is 5.54 Å². The zero-order valence-electron chi connectivity index (χ0n) is 7.79. The van der Waals surface area contributed by atoms with Crippen LogP contribution in [0.25, 0.3) is 0 Å². The molecule has 0 bridgehead atoms. The van der Waals surface area contributed by atoms with E-state index in [1.165, 1.54) is 0 Å². The molecule has 0 saturated carbocycles. The van der Waals surface area contributed by atoms with E-state index in [-0.39, 0.29) is 43.8 Å². The summed E-state index contributed by atoms with van der Waals surface area (Å²) in [5.41, 5.74) is -0.833. The molecule has 0 unspecified atom stereocenters. The third kappa shape index (κ3) is 2.81. The molecule has 0 aromatic rings. The van der Waals surface area contributed by atoms with Crippen LogP contribution in [0.4, 0.5) is 0 Å². The molecule has 0 rings (SSSR count). The Labute approximate surface area is 90.4 Å². The van der Waals surface area contributed by atoms with Crippen molar-refractivity contribution in [1.29, 1.82) is 0 Å². The van der Waals surface area contributed by atoms with Gasteiger partial charge in [-0.15, -0.1) is 0 Å². The van der Waals surface area contributed by atoms with Gasteiger partial charge in [-0.3, -0.25) is 0 Å². The zero-order valence-corrected chi connectivity index (χ0v) is 9.95. The van der Waals surface area contributed by atoms with Gasteiger partial charge in [0.25, 0.3) is 0 Å². The van der Waals surface area contributed by atoms with Crippen molar-refractivity contribution in [1.82, 2.24) is 0 Å². The predicted molar refractivity (Wildman–Crippen MR) is 42.0 cm³/mol. The van der Waals surface area contributed by atoms with Gasteiger partial charge in [-0.1, -0.05) is 0 Å². The summed E-state index contributed by atoms with van der Waals surface area (Å²) in [4.78, 5) is 0. The highest BCUT2D eigenvalue weighted by Crippen LogP contribution is 2.16. The Morgan fingerprint density at radius 3 is 1.17 bits per heavy atom. The average Bonchev–Trinajstić information content (AvgIpc) is 1.90. The maximum Gasteiger partial charge on any atom is 0.168 e. The zero-order chi connectivity index (χ0) is 9.12. The lowest BCUT2D eigenvalue weighted by molar-refractivity contribution is -0.926. The van der Waals surface area contributed by atoms with Crippen molar-refractivity contribution in [3.05, 3.63) is 0 Å². The molecule has 0 fully saturated rings. The van der Waals surface area contributed by atoms with Gasteiger partial charge in [-0.2, -0.15) is 0 Å². The molecule has 76 valence electrons. The Morgan fingerprint density at radius 1 is 0.917 bits per heavy atom. The molecule has 0 amide bonds. The molecule has 4 nitrogen and oxygen atoms in total. The van der Waals surface area contributed by atoms with E-state index in [0.29, 0.717) is 4.48 Å². The van der Waals surface area contributed by atoms with E-state index in [2.05, 4.69) is 0 Å². The van der Waals surface area contributed by atoms with Gasteiger partial charge >= 0.3 is 0 Å². The van der Waals surface area contributed by atoms with Gasteiger partial charge in [-0.25, -0.2) is 0 Å². The van der Waals surface area contributed by atoms with Crippen molar-refractivity contribution in [3.8, 4) is 0 Å². The molecule has 0 aromatic carbocycles. The lowest BCUT2D eigenvalue weighted by Crippen LogP contribution is -3.00. The molecule has 0 aliphatic carbocycles. The number of nitrogens with zero attached hydrogens (tertiary/aromatic N) is 1. The maximum atomic E-state index is 8.98. The Balaban J connectivity index is 0. The van der Waals surface area contributed by atoms with Gasteiger partial charge in [0, 0.05) is 0 Å². The minimum Gasteiger partial charge on any atom is -1.00 e. The highest BCUT2D eigenvalue weighted by Gasteiger charge is 2.41. The fourth-order valence-corrected chi connectivity index (χ4v) is 0.786. The van der Waals surface area contributed by atoms with E-state index >= 15 is 0 Å². The summed E-state index contributed by atoms with van der Waals surface area (Å²) in [6.45, 7) is -0.656. The van der Waals surface area contributed by atoms with Gasteiger partial charge < -0.3 is 43.8 Å². The number of hydrogen-bond acceptors (Lipinski definition) is 3. The number of quaternary nitrogens is 1. The van der Waals surface area contributed by atoms with Crippen molar-refractivity contribution in [2.75, 3.05) is 41.0 Å². The fourth-order valence-electron chi connectivity index (χ4n) is 0.786. The van der Waals surface area contributed by atoms with Crippen molar-refractivity contribution in [2.45, 2.75) is 5.54 Å².